The molecular formula is C25H35N3O2. The molecule has 0 saturated carbocycles. The van der Waals surface area contributed by atoms with Gasteiger partial charge in [0.05, 0.1) is 11.5 Å². The highest BCUT2D eigenvalue weighted by atomic mass is 16.5. The molecule has 1 aromatic carbocycles. The maximum Gasteiger partial charge on any atom is 0.230 e. The average molecular weight is 410 g/mol. The Bertz CT molecular complexity index is 803. The van der Waals surface area contributed by atoms with Crippen molar-refractivity contribution in [2.75, 3.05) is 32.8 Å². The van der Waals surface area contributed by atoms with Crippen LogP contribution in [0.15, 0.2) is 48.7 Å². The highest BCUT2D eigenvalue weighted by molar-refractivity contribution is 5.88. The van der Waals surface area contributed by atoms with E-state index in [1.54, 1.807) is 0 Å². The molecule has 5 heteroatoms. The molecule has 0 radical (unpaired) electrons. The van der Waals surface area contributed by atoms with Crippen molar-refractivity contribution in [1.82, 2.24) is 14.8 Å². The van der Waals surface area contributed by atoms with E-state index in [0.29, 0.717) is 19.8 Å². The smallest absolute Gasteiger partial charge is 0.230 e. The van der Waals surface area contributed by atoms with Crippen molar-refractivity contribution in [3.8, 4) is 0 Å². The Kier molecular flexibility index (Phi) is 6.90. The number of hydrogen-bond acceptors (Lipinski definition) is 3. The molecule has 1 atom stereocenters. The topological polar surface area (TPSA) is 46.5 Å². The summed E-state index contributed by atoms with van der Waals surface area (Å²) >= 11 is 0. The van der Waals surface area contributed by atoms with E-state index in [1.807, 2.05) is 18.2 Å². The van der Waals surface area contributed by atoms with Gasteiger partial charge in [-0.1, -0.05) is 43.2 Å². The molecule has 2 aromatic rings. The third kappa shape index (κ3) is 4.47. The molecule has 30 heavy (non-hydrogen) atoms. The van der Waals surface area contributed by atoms with Crippen molar-refractivity contribution in [3.05, 3.63) is 59.9 Å². The van der Waals surface area contributed by atoms with Gasteiger partial charge < -0.3 is 14.6 Å². The van der Waals surface area contributed by atoms with Crippen LogP contribution in [0.4, 0.5) is 0 Å². The van der Waals surface area contributed by atoms with E-state index >= 15 is 0 Å². The summed E-state index contributed by atoms with van der Waals surface area (Å²) in [4.78, 5) is 16.2. The van der Waals surface area contributed by atoms with Crippen LogP contribution in [0.2, 0.25) is 0 Å². The number of rotatable bonds is 6. The molecule has 0 bridgehead atoms. The number of carbonyl (C=O) groups excluding carboxylic acids is 1. The number of aromatic nitrogens is 1. The Morgan fingerprint density at radius 3 is 2.37 bits per heavy atom. The lowest BCUT2D eigenvalue weighted by atomic mass is 9.73. The summed E-state index contributed by atoms with van der Waals surface area (Å²) in [6, 6.07) is 14.8. The van der Waals surface area contributed by atoms with Gasteiger partial charge >= 0.3 is 0 Å². The monoisotopic (exact) mass is 409 g/mol. The van der Waals surface area contributed by atoms with Crippen molar-refractivity contribution in [2.24, 2.45) is 7.05 Å². The third-order valence-corrected chi connectivity index (χ3v) is 6.97. The first-order valence-corrected chi connectivity index (χ1v) is 11.5. The second kappa shape index (κ2) is 9.80. The molecule has 5 nitrogen and oxygen atoms in total. The minimum absolute atomic E-state index is 0.144. The van der Waals surface area contributed by atoms with E-state index in [-0.39, 0.29) is 11.9 Å². The van der Waals surface area contributed by atoms with Gasteiger partial charge in [-0.2, -0.15) is 0 Å². The van der Waals surface area contributed by atoms with E-state index in [1.165, 1.54) is 31.4 Å². The maximum absolute atomic E-state index is 13.6. The molecule has 2 aliphatic rings. The van der Waals surface area contributed by atoms with E-state index in [4.69, 9.17) is 4.74 Å². The summed E-state index contributed by atoms with van der Waals surface area (Å²) in [5.41, 5.74) is 1.89. The van der Waals surface area contributed by atoms with Gasteiger partial charge in [0.15, 0.2) is 0 Å². The predicted octanol–water partition coefficient (Wildman–Crippen LogP) is 3.81. The van der Waals surface area contributed by atoms with Gasteiger partial charge in [-0.25, -0.2) is 0 Å². The molecule has 0 spiro atoms. The second-order valence-electron chi connectivity index (χ2n) is 8.78. The van der Waals surface area contributed by atoms with Crippen LogP contribution in [0.5, 0.6) is 0 Å². The Hall–Kier alpha value is -2.11. The summed E-state index contributed by atoms with van der Waals surface area (Å²) in [6.07, 6.45) is 8.66. The minimum Gasteiger partial charge on any atom is -0.381 e. The fourth-order valence-electron chi connectivity index (χ4n) is 5.13. The molecule has 2 aliphatic heterocycles. The Balaban J connectivity index is 1.54. The molecular weight excluding hydrogens is 374 g/mol. The van der Waals surface area contributed by atoms with Crippen LogP contribution in [-0.4, -0.2) is 48.2 Å². The first-order chi connectivity index (χ1) is 14.7. The van der Waals surface area contributed by atoms with E-state index in [2.05, 4.69) is 52.3 Å². The van der Waals surface area contributed by atoms with Gasteiger partial charge in [0.2, 0.25) is 5.91 Å². The fraction of sp³-hybridized carbons (Fsp3) is 0.560. The van der Waals surface area contributed by atoms with Crippen molar-refractivity contribution in [3.63, 3.8) is 0 Å². The molecule has 1 unspecified atom stereocenters. The standard InChI is InChI=1S/C25H35N3O2/c1-27-15-9-12-22(27)23(28-16-7-2-3-8-17-28)20-26-24(29)25(13-18-30-19-14-25)21-10-5-4-6-11-21/h4-6,9-12,15,23H,2-3,7-8,13-14,16-20H2,1H3,(H,26,29). The molecule has 4 rings (SSSR count). The Labute approximate surface area is 180 Å². The number of benzene rings is 1. The molecule has 2 fully saturated rings. The van der Waals surface area contributed by atoms with Crippen LogP contribution in [0.25, 0.3) is 0 Å². The molecule has 162 valence electrons. The van der Waals surface area contributed by atoms with E-state index < -0.39 is 5.41 Å². The molecule has 0 aliphatic carbocycles. The zero-order chi connectivity index (χ0) is 20.8. The fourth-order valence-corrected chi connectivity index (χ4v) is 5.13. The van der Waals surface area contributed by atoms with Gasteiger partial charge in [0.1, 0.15) is 0 Å². The maximum atomic E-state index is 13.6. The van der Waals surface area contributed by atoms with Crippen LogP contribution in [0.3, 0.4) is 0 Å². The Morgan fingerprint density at radius 2 is 1.73 bits per heavy atom. The largest absolute Gasteiger partial charge is 0.381 e. The minimum atomic E-state index is -0.489. The molecule has 1 amide bonds. The quantitative estimate of drug-likeness (QED) is 0.789. The lowest BCUT2D eigenvalue weighted by Gasteiger charge is -2.38. The summed E-state index contributed by atoms with van der Waals surface area (Å²) < 4.78 is 7.81. The number of nitrogens with one attached hydrogen (secondary N) is 1. The first kappa shape index (κ1) is 21.1. The highest BCUT2D eigenvalue weighted by Crippen LogP contribution is 2.35. The Morgan fingerprint density at radius 1 is 1.03 bits per heavy atom. The SMILES string of the molecule is Cn1cccc1C(CNC(=O)C1(c2ccccc2)CCOCC1)N1CCCCCC1. The summed E-state index contributed by atoms with van der Waals surface area (Å²) in [7, 11) is 2.10. The lowest BCUT2D eigenvalue weighted by Crippen LogP contribution is -2.50. The normalized spacial score (nSPS) is 21.0. The summed E-state index contributed by atoms with van der Waals surface area (Å²) in [6.45, 7) is 4.12. The zero-order valence-electron chi connectivity index (χ0n) is 18.2. The van der Waals surface area contributed by atoms with Crippen molar-refractivity contribution in [2.45, 2.75) is 50.0 Å². The number of carbonyl (C=O) groups is 1. The predicted molar refractivity (Wildman–Crippen MR) is 119 cm³/mol. The van der Waals surface area contributed by atoms with Gasteiger partial charge in [-0.15, -0.1) is 0 Å². The molecule has 3 heterocycles. The number of likely N-dealkylation sites (tertiary alicyclic amines) is 1. The van der Waals surface area contributed by atoms with Crippen molar-refractivity contribution < 1.29 is 9.53 Å². The molecule has 1 N–H and O–H groups in total. The van der Waals surface area contributed by atoms with Crippen LogP contribution >= 0.6 is 0 Å². The molecule has 2 saturated heterocycles. The summed E-state index contributed by atoms with van der Waals surface area (Å²) in [5.74, 6) is 0.144. The average Bonchev–Trinajstić information content (AvgIpc) is 3.04. The number of ether oxygens (including phenoxy) is 1. The lowest BCUT2D eigenvalue weighted by molar-refractivity contribution is -0.130. The van der Waals surface area contributed by atoms with Crippen LogP contribution in [0, 0.1) is 0 Å². The van der Waals surface area contributed by atoms with Crippen LogP contribution < -0.4 is 5.32 Å². The highest BCUT2D eigenvalue weighted by Gasteiger charge is 2.42. The first-order valence-electron chi connectivity index (χ1n) is 11.5. The van der Waals surface area contributed by atoms with Gasteiger partial charge in [-0.05, 0) is 56.5 Å². The van der Waals surface area contributed by atoms with Crippen molar-refractivity contribution >= 4 is 5.91 Å². The van der Waals surface area contributed by atoms with Crippen LogP contribution in [-0.2, 0) is 22.0 Å². The van der Waals surface area contributed by atoms with Gasteiger partial charge in [-0.3, -0.25) is 9.69 Å². The molecule has 1 aromatic heterocycles. The summed E-state index contributed by atoms with van der Waals surface area (Å²) in [5, 5.41) is 3.38. The van der Waals surface area contributed by atoms with Gasteiger partial charge in [0, 0.05) is 38.7 Å². The van der Waals surface area contributed by atoms with E-state index in [0.717, 1.165) is 31.5 Å². The second-order valence-corrected chi connectivity index (χ2v) is 8.78. The van der Waals surface area contributed by atoms with E-state index in [9.17, 15) is 4.79 Å². The zero-order valence-corrected chi connectivity index (χ0v) is 18.2. The van der Waals surface area contributed by atoms with Crippen LogP contribution in [0.1, 0.15) is 55.8 Å². The van der Waals surface area contributed by atoms with Crippen molar-refractivity contribution in [1.29, 1.82) is 0 Å². The number of amides is 1. The van der Waals surface area contributed by atoms with Gasteiger partial charge in [0.25, 0.3) is 0 Å². The number of hydrogen-bond donors (Lipinski definition) is 1. The number of aryl methyl sites for hydroxylation is 1. The third-order valence-electron chi connectivity index (χ3n) is 6.97. The number of nitrogens with zero attached hydrogens (tertiary/aromatic N) is 2.